The van der Waals surface area contributed by atoms with E-state index in [0.717, 1.165) is 21.5 Å². The highest BCUT2D eigenvalue weighted by Gasteiger charge is 2.05. The molecule has 0 saturated heterocycles. The predicted molar refractivity (Wildman–Crippen MR) is 84.3 cm³/mol. The summed E-state index contributed by atoms with van der Waals surface area (Å²) in [6, 6.07) is 7.80. The third-order valence-electron chi connectivity index (χ3n) is 3.10. The summed E-state index contributed by atoms with van der Waals surface area (Å²) in [5.41, 5.74) is 2.03. The van der Waals surface area contributed by atoms with Crippen LogP contribution < -0.4 is 14.8 Å². The molecule has 0 aliphatic carbocycles. The van der Waals surface area contributed by atoms with Crippen molar-refractivity contribution in [3.05, 3.63) is 41.4 Å². The molecule has 0 bridgehead atoms. The number of ether oxygens (including phenoxy) is 2. The molecular weight excluding hydrogens is 286 g/mol. The number of rotatable bonds is 5. The Hall–Kier alpha value is -2.34. The summed E-state index contributed by atoms with van der Waals surface area (Å²) in [4.78, 5) is 8.76. The molecular formula is C15H15N3O2S. The minimum Gasteiger partial charge on any atom is -0.493 e. The molecule has 21 heavy (non-hydrogen) atoms. The number of benzene rings is 1. The van der Waals surface area contributed by atoms with E-state index in [0.29, 0.717) is 18.2 Å². The molecule has 0 fully saturated rings. The fourth-order valence-electron chi connectivity index (χ4n) is 2.02. The first kappa shape index (κ1) is 13.6. The highest BCUT2D eigenvalue weighted by molar-refractivity contribution is 7.17. The van der Waals surface area contributed by atoms with Gasteiger partial charge in [-0.25, -0.2) is 9.97 Å². The first-order valence-electron chi connectivity index (χ1n) is 6.45. The molecule has 2 aromatic heterocycles. The minimum absolute atomic E-state index is 0.621. The second kappa shape index (κ2) is 5.97. The fraction of sp³-hybridized carbons (Fsp3) is 0.200. The summed E-state index contributed by atoms with van der Waals surface area (Å²) < 4.78 is 11.6. The van der Waals surface area contributed by atoms with E-state index in [1.165, 1.54) is 0 Å². The smallest absolute Gasteiger partial charge is 0.223 e. The summed E-state index contributed by atoms with van der Waals surface area (Å²) in [5, 5.41) is 5.23. The van der Waals surface area contributed by atoms with Crippen molar-refractivity contribution in [2.45, 2.75) is 6.54 Å². The lowest BCUT2D eigenvalue weighted by molar-refractivity contribution is 0.354. The van der Waals surface area contributed by atoms with E-state index in [2.05, 4.69) is 15.3 Å². The van der Waals surface area contributed by atoms with Gasteiger partial charge in [0.15, 0.2) is 11.5 Å². The van der Waals surface area contributed by atoms with E-state index in [4.69, 9.17) is 9.47 Å². The van der Waals surface area contributed by atoms with Gasteiger partial charge in [-0.05, 0) is 29.1 Å². The van der Waals surface area contributed by atoms with Crippen molar-refractivity contribution in [2.75, 3.05) is 19.5 Å². The molecule has 5 nitrogen and oxygen atoms in total. The van der Waals surface area contributed by atoms with Crippen molar-refractivity contribution in [1.82, 2.24) is 9.97 Å². The van der Waals surface area contributed by atoms with Gasteiger partial charge in [-0.1, -0.05) is 6.07 Å². The number of anilines is 1. The van der Waals surface area contributed by atoms with Crippen LogP contribution in [0.2, 0.25) is 0 Å². The summed E-state index contributed by atoms with van der Waals surface area (Å²) in [6.45, 7) is 0.621. The highest BCUT2D eigenvalue weighted by atomic mass is 32.1. The van der Waals surface area contributed by atoms with E-state index in [1.54, 1.807) is 25.6 Å². The molecule has 108 valence electrons. The van der Waals surface area contributed by atoms with Crippen LogP contribution in [0.25, 0.3) is 10.2 Å². The van der Waals surface area contributed by atoms with Gasteiger partial charge in [-0.2, -0.15) is 0 Å². The number of methoxy groups -OCH3 is 2. The average molecular weight is 301 g/mol. The second-order valence-corrected chi connectivity index (χ2v) is 5.35. The second-order valence-electron chi connectivity index (χ2n) is 4.41. The maximum absolute atomic E-state index is 5.29. The molecule has 0 atom stereocenters. The van der Waals surface area contributed by atoms with Crippen LogP contribution >= 0.6 is 11.3 Å². The van der Waals surface area contributed by atoms with Gasteiger partial charge in [0.25, 0.3) is 0 Å². The molecule has 0 radical (unpaired) electrons. The average Bonchev–Trinajstić information content (AvgIpc) is 3.00. The number of thiophene rings is 1. The van der Waals surface area contributed by atoms with Gasteiger partial charge < -0.3 is 14.8 Å². The molecule has 0 aliphatic rings. The summed E-state index contributed by atoms with van der Waals surface area (Å²) in [6.07, 6.45) is 1.84. The molecule has 0 unspecified atom stereocenters. The van der Waals surface area contributed by atoms with Crippen LogP contribution in [0.4, 0.5) is 5.95 Å². The first-order valence-corrected chi connectivity index (χ1v) is 7.33. The third-order valence-corrected chi connectivity index (χ3v) is 3.94. The van der Waals surface area contributed by atoms with Crippen molar-refractivity contribution >= 4 is 27.5 Å². The van der Waals surface area contributed by atoms with Gasteiger partial charge in [0.2, 0.25) is 5.95 Å². The van der Waals surface area contributed by atoms with Gasteiger partial charge in [-0.3, -0.25) is 0 Å². The predicted octanol–water partition coefficient (Wildman–Crippen LogP) is 3.32. The molecule has 3 rings (SSSR count). The monoisotopic (exact) mass is 301 g/mol. The molecule has 2 heterocycles. The van der Waals surface area contributed by atoms with Crippen LogP contribution in [0.1, 0.15) is 5.56 Å². The van der Waals surface area contributed by atoms with Gasteiger partial charge in [0, 0.05) is 6.54 Å². The van der Waals surface area contributed by atoms with Crippen molar-refractivity contribution in [3.63, 3.8) is 0 Å². The quantitative estimate of drug-likeness (QED) is 0.783. The Kier molecular flexibility index (Phi) is 3.87. The lowest BCUT2D eigenvalue weighted by Crippen LogP contribution is -2.03. The standard InChI is InChI=1S/C15H15N3O2S/c1-19-12-4-3-10(7-13(12)20-2)8-16-15-17-9-14-11(18-15)5-6-21-14/h3-7,9H,8H2,1-2H3,(H,16,17,18). The number of hydrogen-bond donors (Lipinski definition) is 1. The number of nitrogens with zero attached hydrogens (tertiary/aromatic N) is 2. The van der Waals surface area contributed by atoms with Gasteiger partial charge in [0.05, 0.1) is 30.6 Å². The fourth-order valence-corrected chi connectivity index (χ4v) is 2.71. The largest absolute Gasteiger partial charge is 0.493 e. The van der Waals surface area contributed by atoms with Crippen molar-refractivity contribution < 1.29 is 9.47 Å². The van der Waals surface area contributed by atoms with Gasteiger partial charge in [0.1, 0.15) is 0 Å². The molecule has 0 spiro atoms. The van der Waals surface area contributed by atoms with E-state index in [-0.39, 0.29) is 0 Å². The SMILES string of the molecule is COc1ccc(CNc2ncc3sccc3n2)cc1OC. The van der Waals surface area contributed by atoms with Crippen LogP contribution in [-0.4, -0.2) is 24.2 Å². The molecule has 0 amide bonds. The number of hydrogen-bond acceptors (Lipinski definition) is 6. The van der Waals surface area contributed by atoms with Gasteiger partial charge >= 0.3 is 0 Å². The van der Waals surface area contributed by atoms with Crippen molar-refractivity contribution in [2.24, 2.45) is 0 Å². The van der Waals surface area contributed by atoms with Crippen molar-refractivity contribution in [3.8, 4) is 11.5 Å². The Bertz CT molecular complexity index is 758. The van der Waals surface area contributed by atoms with Crippen LogP contribution in [0, 0.1) is 0 Å². The Morgan fingerprint density at radius 3 is 2.81 bits per heavy atom. The molecule has 1 N–H and O–H groups in total. The number of fused-ring (bicyclic) bond motifs is 1. The lowest BCUT2D eigenvalue weighted by atomic mass is 10.2. The van der Waals surface area contributed by atoms with Crippen LogP contribution in [0.15, 0.2) is 35.8 Å². The summed E-state index contributed by atoms with van der Waals surface area (Å²) in [7, 11) is 3.25. The van der Waals surface area contributed by atoms with E-state index in [1.807, 2.05) is 35.8 Å². The lowest BCUT2D eigenvalue weighted by Gasteiger charge is -2.10. The number of nitrogens with one attached hydrogen (secondary N) is 1. The third kappa shape index (κ3) is 2.90. The van der Waals surface area contributed by atoms with E-state index < -0.39 is 0 Å². The number of aromatic nitrogens is 2. The Labute approximate surface area is 126 Å². The van der Waals surface area contributed by atoms with Gasteiger partial charge in [-0.15, -0.1) is 11.3 Å². The Morgan fingerprint density at radius 2 is 2.00 bits per heavy atom. The van der Waals surface area contributed by atoms with Crippen LogP contribution in [-0.2, 0) is 6.54 Å². The highest BCUT2D eigenvalue weighted by Crippen LogP contribution is 2.27. The van der Waals surface area contributed by atoms with Crippen molar-refractivity contribution in [1.29, 1.82) is 0 Å². The zero-order valence-corrected chi connectivity index (χ0v) is 12.6. The van der Waals surface area contributed by atoms with Crippen LogP contribution in [0.3, 0.4) is 0 Å². The molecule has 0 saturated carbocycles. The van der Waals surface area contributed by atoms with E-state index in [9.17, 15) is 0 Å². The maximum Gasteiger partial charge on any atom is 0.223 e. The molecule has 1 aromatic carbocycles. The summed E-state index contributed by atoms with van der Waals surface area (Å²) >= 11 is 1.64. The van der Waals surface area contributed by atoms with Crippen LogP contribution in [0.5, 0.6) is 11.5 Å². The zero-order valence-electron chi connectivity index (χ0n) is 11.8. The summed E-state index contributed by atoms with van der Waals surface area (Å²) in [5.74, 6) is 2.05. The molecule has 3 aromatic rings. The topological polar surface area (TPSA) is 56.3 Å². The molecule has 6 heteroatoms. The molecule has 0 aliphatic heterocycles. The minimum atomic E-state index is 0.621. The zero-order chi connectivity index (χ0) is 14.7. The Morgan fingerprint density at radius 1 is 1.14 bits per heavy atom. The Balaban J connectivity index is 1.74. The van der Waals surface area contributed by atoms with E-state index >= 15 is 0 Å². The maximum atomic E-state index is 5.29. The first-order chi connectivity index (χ1) is 10.3. The normalized spacial score (nSPS) is 10.6.